The molecular formula is C29H30N4O6. The first kappa shape index (κ1) is 27.3. The van der Waals surface area contributed by atoms with Gasteiger partial charge in [0.2, 0.25) is 0 Å². The van der Waals surface area contributed by atoms with E-state index < -0.39 is 17.1 Å². The number of benzene rings is 2. The molecule has 0 saturated carbocycles. The number of nitrogens with one attached hydrogen (secondary N) is 1. The normalized spacial score (nSPS) is 10.8. The molecule has 2 aromatic heterocycles. The fraction of sp³-hybridized carbons (Fsp3) is 0.276. The Hall–Kier alpha value is -4.73. The van der Waals surface area contributed by atoms with Gasteiger partial charge < -0.3 is 19.6 Å². The Labute approximate surface area is 224 Å². The molecule has 2 N–H and O–H groups in total. The Morgan fingerprint density at radius 3 is 2.26 bits per heavy atom. The Balaban J connectivity index is 1.42. The average molecular weight is 531 g/mol. The molecule has 39 heavy (non-hydrogen) atoms. The van der Waals surface area contributed by atoms with Gasteiger partial charge in [-0.15, -0.1) is 0 Å². The van der Waals surface area contributed by atoms with E-state index in [-0.39, 0.29) is 11.4 Å². The van der Waals surface area contributed by atoms with Crippen LogP contribution >= 0.6 is 0 Å². The molecule has 10 nitrogen and oxygen atoms in total. The molecule has 4 aromatic rings. The van der Waals surface area contributed by atoms with Crippen LogP contribution in [0.3, 0.4) is 0 Å². The van der Waals surface area contributed by atoms with Gasteiger partial charge in [0.1, 0.15) is 28.7 Å². The van der Waals surface area contributed by atoms with Crippen molar-refractivity contribution in [3.63, 3.8) is 0 Å². The van der Waals surface area contributed by atoms with Crippen LogP contribution in [0.1, 0.15) is 43.0 Å². The molecule has 0 amide bonds. The van der Waals surface area contributed by atoms with Crippen molar-refractivity contribution in [2.24, 2.45) is 0 Å². The summed E-state index contributed by atoms with van der Waals surface area (Å²) in [5.74, 6) is 0.623. The van der Waals surface area contributed by atoms with E-state index in [9.17, 15) is 14.4 Å². The van der Waals surface area contributed by atoms with Gasteiger partial charge in [0.15, 0.2) is 0 Å². The van der Waals surface area contributed by atoms with E-state index in [2.05, 4.69) is 21.9 Å². The molecular weight excluding hydrogens is 500 g/mol. The molecule has 0 saturated heterocycles. The maximum Gasteiger partial charge on any atom is 0.342 e. The number of aromatic nitrogens is 4. The summed E-state index contributed by atoms with van der Waals surface area (Å²) >= 11 is 0. The van der Waals surface area contributed by atoms with Crippen LogP contribution in [0, 0.1) is 0 Å². The van der Waals surface area contributed by atoms with Gasteiger partial charge in [-0.1, -0.05) is 37.6 Å². The first-order chi connectivity index (χ1) is 19.0. The minimum absolute atomic E-state index is 0.144. The second-order valence-electron chi connectivity index (χ2n) is 8.79. The number of aromatic carboxylic acids is 1. The SMILES string of the molecule is CCCCOc1ccccc1-c1nccc(=O)n1CCCCOc1ccccc1-c1ncc(C(=O)O)c(=O)[nH]1. The number of carbonyl (C=O) groups is 1. The number of hydrogen-bond donors (Lipinski definition) is 2. The topological polar surface area (TPSA) is 136 Å². The molecule has 0 spiro atoms. The molecule has 202 valence electrons. The van der Waals surface area contributed by atoms with E-state index in [1.165, 1.54) is 12.3 Å². The molecule has 0 aliphatic heterocycles. The van der Waals surface area contributed by atoms with Crippen molar-refractivity contribution in [2.75, 3.05) is 13.2 Å². The van der Waals surface area contributed by atoms with E-state index in [1.807, 2.05) is 24.3 Å². The number of carboxylic acids is 1. The van der Waals surface area contributed by atoms with Crippen LogP contribution in [0.15, 0.2) is 76.6 Å². The fourth-order valence-electron chi connectivity index (χ4n) is 4.00. The third-order valence-corrected chi connectivity index (χ3v) is 6.02. The van der Waals surface area contributed by atoms with Crippen LogP contribution in [-0.4, -0.2) is 43.8 Å². The molecule has 0 radical (unpaired) electrons. The van der Waals surface area contributed by atoms with E-state index in [1.54, 1.807) is 28.8 Å². The largest absolute Gasteiger partial charge is 0.493 e. The van der Waals surface area contributed by atoms with E-state index in [4.69, 9.17) is 14.6 Å². The summed E-state index contributed by atoms with van der Waals surface area (Å²) in [5, 5.41) is 9.07. The third kappa shape index (κ3) is 6.78. The first-order valence-electron chi connectivity index (χ1n) is 12.8. The lowest BCUT2D eigenvalue weighted by Gasteiger charge is -2.15. The zero-order chi connectivity index (χ0) is 27.6. The minimum Gasteiger partial charge on any atom is -0.493 e. The lowest BCUT2D eigenvalue weighted by atomic mass is 10.1. The molecule has 0 aliphatic carbocycles. The number of H-pyrrole nitrogens is 1. The molecule has 2 aromatic carbocycles. The number of nitrogens with zero attached hydrogens (tertiary/aromatic N) is 3. The van der Waals surface area contributed by atoms with Gasteiger partial charge in [0.25, 0.3) is 11.1 Å². The Bertz CT molecular complexity index is 1550. The number of unbranched alkanes of at least 4 members (excludes halogenated alkanes) is 2. The van der Waals surface area contributed by atoms with Gasteiger partial charge in [-0.25, -0.2) is 14.8 Å². The number of ether oxygens (including phenoxy) is 2. The lowest BCUT2D eigenvalue weighted by molar-refractivity contribution is 0.0694. The van der Waals surface area contributed by atoms with E-state index >= 15 is 0 Å². The van der Waals surface area contributed by atoms with Gasteiger partial charge >= 0.3 is 5.97 Å². The summed E-state index contributed by atoms with van der Waals surface area (Å²) in [7, 11) is 0. The van der Waals surface area contributed by atoms with Crippen LogP contribution < -0.4 is 20.6 Å². The molecule has 0 atom stereocenters. The number of para-hydroxylation sites is 2. The van der Waals surface area contributed by atoms with Crippen LogP contribution in [0.5, 0.6) is 11.5 Å². The third-order valence-electron chi connectivity index (χ3n) is 6.02. The monoisotopic (exact) mass is 530 g/mol. The highest BCUT2D eigenvalue weighted by molar-refractivity contribution is 5.86. The molecule has 0 aliphatic rings. The van der Waals surface area contributed by atoms with Gasteiger partial charge in [0.05, 0.1) is 24.3 Å². The number of aromatic amines is 1. The molecule has 10 heteroatoms. The summed E-state index contributed by atoms with van der Waals surface area (Å²) in [6, 6.07) is 16.1. The number of hydrogen-bond acceptors (Lipinski definition) is 7. The van der Waals surface area contributed by atoms with Gasteiger partial charge in [0, 0.05) is 25.0 Å². The highest BCUT2D eigenvalue weighted by Crippen LogP contribution is 2.29. The second-order valence-corrected chi connectivity index (χ2v) is 8.79. The van der Waals surface area contributed by atoms with E-state index in [0.29, 0.717) is 55.5 Å². The Morgan fingerprint density at radius 1 is 0.897 bits per heavy atom. The molecule has 4 rings (SSSR count). The molecule has 0 unspecified atom stereocenters. The maximum atomic E-state index is 12.7. The van der Waals surface area contributed by atoms with Crippen LogP contribution in [0.4, 0.5) is 0 Å². The van der Waals surface area contributed by atoms with Gasteiger partial charge in [-0.3, -0.25) is 14.2 Å². The predicted octanol–water partition coefficient (Wildman–Crippen LogP) is 4.40. The van der Waals surface area contributed by atoms with E-state index in [0.717, 1.165) is 24.6 Å². The zero-order valence-electron chi connectivity index (χ0n) is 21.6. The summed E-state index contributed by atoms with van der Waals surface area (Å²) in [4.78, 5) is 47.0. The highest BCUT2D eigenvalue weighted by atomic mass is 16.5. The number of rotatable bonds is 13. The zero-order valence-corrected chi connectivity index (χ0v) is 21.6. The van der Waals surface area contributed by atoms with Crippen molar-refractivity contribution in [2.45, 2.75) is 39.2 Å². The van der Waals surface area contributed by atoms with Crippen LogP contribution in [-0.2, 0) is 6.54 Å². The average Bonchev–Trinajstić information content (AvgIpc) is 2.94. The van der Waals surface area contributed by atoms with Crippen molar-refractivity contribution in [1.82, 2.24) is 19.5 Å². The van der Waals surface area contributed by atoms with Gasteiger partial charge in [-0.2, -0.15) is 0 Å². The van der Waals surface area contributed by atoms with Crippen LogP contribution in [0.2, 0.25) is 0 Å². The summed E-state index contributed by atoms with van der Waals surface area (Å²) < 4.78 is 13.6. The molecule has 0 fully saturated rings. The smallest absolute Gasteiger partial charge is 0.342 e. The van der Waals surface area contributed by atoms with Crippen LogP contribution in [0.25, 0.3) is 22.8 Å². The summed E-state index contributed by atoms with van der Waals surface area (Å²) in [5.41, 5.74) is -0.00648. The number of carboxylic acid groups (broad SMARTS) is 1. The fourth-order valence-corrected chi connectivity index (χ4v) is 4.00. The van der Waals surface area contributed by atoms with Crippen molar-refractivity contribution < 1.29 is 19.4 Å². The quantitative estimate of drug-likeness (QED) is 0.243. The molecule has 2 heterocycles. The van der Waals surface area contributed by atoms with Crippen molar-refractivity contribution in [3.8, 4) is 34.3 Å². The highest BCUT2D eigenvalue weighted by Gasteiger charge is 2.15. The lowest BCUT2D eigenvalue weighted by Crippen LogP contribution is -2.22. The summed E-state index contributed by atoms with van der Waals surface area (Å²) in [6.07, 6.45) is 5.80. The maximum absolute atomic E-state index is 12.7. The Morgan fingerprint density at radius 2 is 1.56 bits per heavy atom. The molecule has 0 bridgehead atoms. The van der Waals surface area contributed by atoms with Crippen molar-refractivity contribution >= 4 is 5.97 Å². The van der Waals surface area contributed by atoms with Crippen molar-refractivity contribution in [3.05, 3.63) is 93.3 Å². The van der Waals surface area contributed by atoms with Gasteiger partial charge in [-0.05, 0) is 43.5 Å². The first-order valence-corrected chi connectivity index (χ1v) is 12.8. The summed E-state index contributed by atoms with van der Waals surface area (Å²) in [6.45, 7) is 3.50. The predicted molar refractivity (Wildman–Crippen MR) is 146 cm³/mol. The Kier molecular flexibility index (Phi) is 9.23. The minimum atomic E-state index is -1.34. The second kappa shape index (κ2) is 13.2. The standard InChI is InChI=1S/C29H30N4O6/c1-2-3-17-38-24-13-7-5-11-21(24)27-30-15-14-25(34)33(27)16-8-9-18-39-23-12-6-4-10-20(23)26-31-19-22(29(36)37)28(35)32-26/h4-7,10-15,19H,2-3,8-9,16-18H2,1H3,(H,36,37)(H,31,32,35). The van der Waals surface area contributed by atoms with Crippen molar-refractivity contribution in [1.29, 1.82) is 0 Å².